The zero-order valence-electron chi connectivity index (χ0n) is 16.0. The molecular formula is C19H29IN4O2. The van der Waals surface area contributed by atoms with Crippen LogP contribution in [0.1, 0.15) is 42.0 Å². The lowest BCUT2D eigenvalue weighted by atomic mass is 10.1. The van der Waals surface area contributed by atoms with Crippen molar-refractivity contribution in [1.82, 2.24) is 15.8 Å². The third kappa shape index (κ3) is 6.28. The predicted molar refractivity (Wildman–Crippen MR) is 115 cm³/mol. The summed E-state index contributed by atoms with van der Waals surface area (Å²) in [6.07, 6.45) is 1.70. The molecule has 0 bridgehead atoms. The molecule has 1 aromatic carbocycles. The van der Waals surface area contributed by atoms with Crippen LogP contribution in [-0.4, -0.2) is 25.3 Å². The number of aliphatic imine (C=N–C) groups is 1. The van der Waals surface area contributed by atoms with Gasteiger partial charge in [0, 0.05) is 39.2 Å². The second-order valence-corrected chi connectivity index (χ2v) is 5.77. The number of nitrogens with zero attached hydrogens (tertiary/aromatic N) is 2. The molecule has 0 spiro atoms. The standard InChI is InChI=1S/C19H28N4O2.HI/c1-5-17-16(18(6-2)25-23-17)12-22-19(20-3)21-11-14-8-7-9-15(10-14)13-24-4;/h7-10H,5-6,11-13H2,1-4H3,(H2,20,21,22);1H. The molecule has 0 atom stereocenters. The maximum absolute atomic E-state index is 5.41. The molecule has 0 fully saturated rings. The fourth-order valence-electron chi connectivity index (χ4n) is 2.71. The highest BCUT2D eigenvalue weighted by Crippen LogP contribution is 2.15. The Morgan fingerprint density at radius 3 is 2.54 bits per heavy atom. The van der Waals surface area contributed by atoms with E-state index in [2.05, 4.69) is 52.8 Å². The first-order valence-electron chi connectivity index (χ1n) is 8.69. The molecule has 2 aromatic rings. The first-order chi connectivity index (χ1) is 12.2. The lowest BCUT2D eigenvalue weighted by Gasteiger charge is -2.13. The number of guanidine groups is 1. The van der Waals surface area contributed by atoms with Crippen molar-refractivity contribution in [3.63, 3.8) is 0 Å². The quantitative estimate of drug-likeness (QED) is 0.350. The number of hydrogen-bond acceptors (Lipinski definition) is 4. The minimum Gasteiger partial charge on any atom is -0.380 e. The summed E-state index contributed by atoms with van der Waals surface area (Å²) in [6.45, 7) is 6.12. The number of hydrogen-bond donors (Lipinski definition) is 2. The van der Waals surface area contributed by atoms with Crippen LogP contribution in [0.3, 0.4) is 0 Å². The highest BCUT2D eigenvalue weighted by atomic mass is 127. The molecule has 0 unspecified atom stereocenters. The van der Waals surface area contributed by atoms with E-state index in [9.17, 15) is 0 Å². The van der Waals surface area contributed by atoms with E-state index >= 15 is 0 Å². The highest BCUT2D eigenvalue weighted by molar-refractivity contribution is 14.0. The molecular weight excluding hydrogens is 443 g/mol. The van der Waals surface area contributed by atoms with Gasteiger partial charge in [-0.3, -0.25) is 4.99 Å². The Hall–Kier alpha value is -1.61. The van der Waals surface area contributed by atoms with E-state index in [0.29, 0.717) is 19.7 Å². The number of benzene rings is 1. The summed E-state index contributed by atoms with van der Waals surface area (Å²) < 4.78 is 10.6. The zero-order valence-corrected chi connectivity index (χ0v) is 18.3. The minimum atomic E-state index is 0. The number of aryl methyl sites for hydroxylation is 2. The Kier molecular flexibility index (Phi) is 10.3. The Morgan fingerprint density at radius 1 is 1.15 bits per heavy atom. The van der Waals surface area contributed by atoms with Gasteiger partial charge in [0.25, 0.3) is 0 Å². The lowest BCUT2D eigenvalue weighted by Crippen LogP contribution is -2.36. The summed E-state index contributed by atoms with van der Waals surface area (Å²) in [5.41, 5.74) is 4.49. The maximum atomic E-state index is 5.41. The molecule has 0 saturated heterocycles. The van der Waals surface area contributed by atoms with Gasteiger partial charge in [-0.25, -0.2) is 0 Å². The predicted octanol–water partition coefficient (Wildman–Crippen LogP) is 3.43. The Balaban J connectivity index is 0.00000338. The second kappa shape index (κ2) is 11.9. The normalized spacial score (nSPS) is 11.2. The summed E-state index contributed by atoms with van der Waals surface area (Å²) >= 11 is 0. The Labute approximate surface area is 172 Å². The van der Waals surface area contributed by atoms with Crippen molar-refractivity contribution in [2.24, 2.45) is 4.99 Å². The van der Waals surface area contributed by atoms with E-state index in [1.165, 1.54) is 5.56 Å². The number of ether oxygens (including phenoxy) is 1. The van der Waals surface area contributed by atoms with Gasteiger partial charge in [0.2, 0.25) is 0 Å². The van der Waals surface area contributed by atoms with E-state index < -0.39 is 0 Å². The first kappa shape index (κ1) is 22.4. The number of methoxy groups -OCH3 is 1. The van der Waals surface area contributed by atoms with E-state index in [-0.39, 0.29) is 24.0 Å². The van der Waals surface area contributed by atoms with Gasteiger partial charge >= 0.3 is 0 Å². The monoisotopic (exact) mass is 472 g/mol. The highest BCUT2D eigenvalue weighted by Gasteiger charge is 2.13. The molecule has 0 amide bonds. The Morgan fingerprint density at radius 2 is 1.88 bits per heavy atom. The molecule has 7 heteroatoms. The summed E-state index contributed by atoms with van der Waals surface area (Å²) in [4.78, 5) is 4.29. The van der Waals surface area contributed by atoms with Gasteiger partial charge in [0.05, 0.1) is 12.3 Å². The number of halogens is 1. The third-order valence-corrected chi connectivity index (χ3v) is 4.03. The van der Waals surface area contributed by atoms with Gasteiger partial charge in [-0.2, -0.15) is 0 Å². The van der Waals surface area contributed by atoms with Crippen molar-refractivity contribution in [2.45, 2.75) is 46.4 Å². The van der Waals surface area contributed by atoms with E-state index in [1.54, 1.807) is 14.2 Å². The largest absolute Gasteiger partial charge is 0.380 e. The van der Waals surface area contributed by atoms with Crippen molar-refractivity contribution in [3.05, 3.63) is 52.4 Å². The summed E-state index contributed by atoms with van der Waals surface area (Å²) in [5, 5.41) is 10.8. The Bertz CT molecular complexity index is 679. The van der Waals surface area contributed by atoms with Crippen LogP contribution in [0.2, 0.25) is 0 Å². The van der Waals surface area contributed by atoms with Crippen molar-refractivity contribution >= 4 is 29.9 Å². The van der Waals surface area contributed by atoms with Crippen LogP contribution >= 0.6 is 24.0 Å². The number of nitrogens with one attached hydrogen (secondary N) is 2. The molecule has 0 aliphatic carbocycles. The van der Waals surface area contributed by atoms with E-state index in [4.69, 9.17) is 9.26 Å². The van der Waals surface area contributed by atoms with E-state index in [0.717, 1.165) is 41.4 Å². The SMILES string of the molecule is CCc1noc(CC)c1CNC(=NC)NCc1cccc(COC)c1.I. The lowest BCUT2D eigenvalue weighted by molar-refractivity contribution is 0.185. The molecule has 26 heavy (non-hydrogen) atoms. The van der Waals surface area contributed by atoms with Gasteiger partial charge in [-0.15, -0.1) is 24.0 Å². The topological polar surface area (TPSA) is 71.7 Å². The van der Waals surface area contributed by atoms with Crippen LogP contribution in [0.25, 0.3) is 0 Å². The van der Waals surface area contributed by atoms with Crippen LogP contribution in [0.5, 0.6) is 0 Å². The van der Waals surface area contributed by atoms with Crippen molar-refractivity contribution in [2.75, 3.05) is 14.2 Å². The minimum absolute atomic E-state index is 0. The smallest absolute Gasteiger partial charge is 0.191 e. The van der Waals surface area contributed by atoms with E-state index in [1.807, 2.05) is 6.07 Å². The average molecular weight is 472 g/mol. The van der Waals surface area contributed by atoms with Crippen molar-refractivity contribution < 1.29 is 9.26 Å². The summed E-state index contributed by atoms with van der Waals surface area (Å²) in [6, 6.07) is 8.32. The summed E-state index contributed by atoms with van der Waals surface area (Å²) in [5.74, 6) is 1.69. The molecule has 1 heterocycles. The van der Waals surface area contributed by atoms with Gasteiger partial charge in [0.1, 0.15) is 5.76 Å². The first-order valence-corrected chi connectivity index (χ1v) is 8.69. The molecule has 2 N–H and O–H groups in total. The zero-order chi connectivity index (χ0) is 18.1. The fourth-order valence-corrected chi connectivity index (χ4v) is 2.71. The molecule has 0 radical (unpaired) electrons. The van der Waals surface area contributed by atoms with Crippen LogP contribution in [0.15, 0.2) is 33.8 Å². The van der Waals surface area contributed by atoms with Gasteiger partial charge in [0.15, 0.2) is 5.96 Å². The molecule has 2 rings (SSSR count). The van der Waals surface area contributed by atoms with Crippen LogP contribution in [0.4, 0.5) is 0 Å². The summed E-state index contributed by atoms with van der Waals surface area (Å²) in [7, 11) is 3.47. The number of rotatable bonds is 8. The molecule has 0 saturated carbocycles. The van der Waals surface area contributed by atoms with Gasteiger partial charge < -0.3 is 19.9 Å². The average Bonchev–Trinajstić information content (AvgIpc) is 3.04. The van der Waals surface area contributed by atoms with Crippen molar-refractivity contribution in [1.29, 1.82) is 0 Å². The fraction of sp³-hybridized carbons (Fsp3) is 0.474. The van der Waals surface area contributed by atoms with Gasteiger partial charge in [-0.05, 0) is 17.5 Å². The van der Waals surface area contributed by atoms with Crippen LogP contribution in [0, 0.1) is 0 Å². The maximum Gasteiger partial charge on any atom is 0.191 e. The second-order valence-electron chi connectivity index (χ2n) is 5.77. The third-order valence-electron chi connectivity index (χ3n) is 4.03. The molecule has 6 nitrogen and oxygen atoms in total. The molecule has 1 aromatic heterocycles. The van der Waals surface area contributed by atoms with Crippen LogP contribution in [-0.2, 0) is 37.3 Å². The molecule has 0 aliphatic heterocycles. The molecule has 144 valence electrons. The molecule has 0 aliphatic rings. The van der Waals surface area contributed by atoms with Gasteiger partial charge in [-0.1, -0.05) is 43.3 Å². The van der Waals surface area contributed by atoms with Crippen molar-refractivity contribution in [3.8, 4) is 0 Å². The van der Waals surface area contributed by atoms with Crippen LogP contribution < -0.4 is 10.6 Å². The number of aromatic nitrogens is 1.